The van der Waals surface area contributed by atoms with Crippen LogP contribution in [0.25, 0.3) is 0 Å². The second kappa shape index (κ2) is 4.91. The SMILES string of the molecule is COc1ccc(N)c(Nc2cc(F)ccc2C)n1. The zero-order valence-corrected chi connectivity index (χ0v) is 10.2. The second-order valence-corrected chi connectivity index (χ2v) is 3.88. The summed E-state index contributed by atoms with van der Waals surface area (Å²) < 4.78 is 18.2. The van der Waals surface area contributed by atoms with Gasteiger partial charge in [-0.25, -0.2) is 4.39 Å². The zero-order valence-electron chi connectivity index (χ0n) is 10.2. The minimum atomic E-state index is -0.315. The highest BCUT2D eigenvalue weighted by Crippen LogP contribution is 2.26. The van der Waals surface area contributed by atoms with Gasteiger partial charge in [-0.15, -0.1) is 0 Å². The van der Waals surface area contributed by atoms with Gasteiger partial charge in [0.15, 0.2) is 5.82 Å². The lowest BCUT2D eigenvalue weighted by molar-refractivity contribution is 0.398. The lowest BCUT2D eigenvalue weighted by atomic mass is 10.2. The molecule has 0 saturated carbocycles. The number of nitrogens with one attached hydrogen (secondary N) is 1. The third kappa shape index (κ3) is 2.51. The summed E-state index contributed by atoms with van der Waals surface area (Å²) in [5.41, 5.74) is 7.81. The maximum absolute atomic E-state index is 13.2. The van der Waals surface area contributed by atoms with E-state index in [9.17, 15) is 4.39 Å². The van der Waals surface area contributed by atoms with Crippen LogP contribution in [0, 0.1) is 12.7 Å². The molecule has 94 valence electrons. The number of ether oxygens (including phenoxy) is 1. The molecule has 3 N–H and O–H groups in total. The van der Waals surface area contributed by atoms with E-state index in [4.69, 9.17) is 10.5 Å². The van der Waals surface area contributed by atoms with Gasteiger partial charge in [-0.05, 0) is 30.7 Å². The number of pyridine rings is 1. The van der Waals surface area contributed by atoms with Gasteiger partial charge >= 0.3 is 0 Å². The number of hydrogen-bond acceptors (Lipinski definition) is 4. The van der Waals surface area contributed by atoms with Crippen molar-refractivity contribution in [2.45, 2.75) is 6.92 Å². The van der Waals surface area contributed by atoms with Crippen molar-refractivity contribution in [1.82, 2.24) is 4.98 Å². The van der Waals surface area contributed by atoms with Crippen LogP contribution in [0.1, 0.15) is 5.56 Å². The molecule has 0 unspecified atom stereocenters. The van der Waals surface area contributed by atoms with Gasteiger partial charge in [0, 0.05) is 11.8 Å². The van der Waals surface area contributed by atoms with Gasteiger partial charge in [-0.3, -0.25) is 0 Å². The maximum Gasteiger partial charge on any atom is 0.215 e. The fraction of sp³-hybridized carbons (Fsp3) is 0.154. The Morgan fingerprint density at radius 3 is 2.78 bits per heavy atom. The van der Waals surface area contributed by atoms with E-state index >= 15 is 0 Å². The predicted molar refractivity (Wildman–Crippen MR) is 69.6 cm³/mol. The molecule has 0 aliphatic rings. The van der Waals surface area contributed by atoms with Crippen molar-refractivity contribution in [3.8, 4) is 5.88 Å². The first-order valence-electron chi connectivity index (χ1n) is 5.44. The molecule has 1 aromatic carbocycles. The topological polar surface area (TPSA) is 60.2 Å². The molecule has 0 amide bonds. The molecule has 4 nitrogen and oxygen atoms in total. The number of anilines is 3. The first-order valence-corrected chi connectivity index (χ1v) is 5.44. The van der Waals surface area contributed by atoms with Crippen LogP contribution >= 0.6 is 0 Å². The van der Waals surface area contributed by atoms with Crippen LogP contribution in [0.5, 0.6) is 5.88 Å². The van der Waals surface area contributed by atoms with Crippen molar-refractivity contribution in [2.75, 3.05) is 18.2 Å². The van der Waals surface area contributed by atoms with Gasteiger partial charge in [0.2, 0.25) is 5.88 Å². The van der Waals surface area contributed by atoms with Crippen LogP contribution in [0.15, 0.2) is 30.3 Å². The normalized spacial score (nSPS) is 10.2. The molecule has 5 heteroatoms. The van der Waals surface area contributed by atoms with Crippen LogP contribution in [-0.4, -0.2) is 12.1 Å². The van der Waals surface area contributed by atoms with Crippen molar-refractivity contribution in [3.05, 3.63) is 41.7 Å². The summed E-state index contributed by atoms with van der Waals surface area (Å²) in [6.45, 7) is 1.87. The van der Waals surface area contributed by atoms with E-state index < -0.39 is 0 Å². The van der Waals surface area contributed by atoms with E-state index in [0.29, 0.717) is 23.1 Å². The Hall–Kier alpha value is -2.30. The fourth-order valence-corrected chi connectivity index (χ4v) is 1.52. The van der Waals surface area contributed by atoms with Crippen molar-refractivity contribution in [3.63, 3.8) is 0 Å². The first-order chi connectivity index (χ1) is 8.60. The smallest absolute Gasteiger partial charge is 0.215 e. The highest BCUT2D eigenvalue weighted by molar-refractivity contribution is 5.70. The van der Waals surface area contributed by atoms with Gasteiger partial charge in [-0.2, -0.15) is 4.98 Å². The molecule has 0 radical (unpaired) electrons. The molecule has 0 aliphatic heterocycles. The molecule has 0 aliphatic carbocycles. The van der Waals surface area contributed by atoms with E-state index in [-0.39, 0.29) is 5.82 Å². The summed E-state index contributed by atoms with van der Waals surface area (Å²) in [5.74, 6) is 0.577. The summed E-state index contributed by atoms with van der Waals surface area (Å²) in [6, 6.07) is 7.84. The average molecular weight is 247 g/mol. The Kier molecular flexibility index (Phi) is 3.32. The number of aryl methyl sites for hydroxylation is 1. The number of hydrogen-bond donors (Lipinski definition) is 2. The van der Waals surface area contributed by atoms with E-state index in [1.807, 2.05) is 6.92 Å². The second-order valence-electron chi connectivity index (χ2n) is 3.88. The monoisotopic (exact) mass is 247 g/mol. The Bertz CT molecular complexity index is 572. The molecule has 0 atom stereocenters. The van der Waals surface area contributed by atoms with E-state index in [1.165, 1.54) is 19.2 Å². The molecular formula is C13H14FN3O. The molecule has 2 aromatic rings. The van der Waals surface area contributed by atoms with Crippen LogP contribution in [0.3, 0.4) is 0 Å². The van der Waals surface area contributed by atoms with Crippen molar-refractivity contribution < 1.29 is 9.13 Å². The number of nitrogens with zero attached hydrogens (tertiary/aromatic N) is 1. The molecule has 2 rings (SSSR count). The van der Waals surface area contributed by atoms with Gasteiger partial charge < -0.3 is 15.8 Å². The predicted octanol–water partition coefficient (Wildman–Crippen LogP) is 2.86. The van der Waals surface area contributed by atoms with Gasteiger partial charge in [-0.1, -0.05) is 6.07 Å². The Morgan fingerprint density at radius 2 is 2.06 bits per heavy atom. The Labute approximate surface area is 105 Å². The number of aromatic nitrogens is 1. The molecule has 0 bridgehead atoms. The van der Waals surface area contributed by atoms with Crippen LogP contribution < -0.4 is 15.8 Å². The van der Waals surface area contributed by atoms with Crippen molar-refractivity contribution in [1.29, 1.82) is 0 Å². The number of rotatable bonds is 3. The van der Waals surface area contributed by atoms with Crippen LogP contribution in [0.2, 0.25) is 0 Å². The van der Waals surface area contributed by atoms with E-state index in [1.54, 1.807) is 18.2 Å². The number of halogens is 1. The van der Waals surface area contributed by atoms with Gasteiger partial charge in [0.25, 0.3) is 0 Å². The lowest BCUT2D eigenvalue weighted by Gasteiger charge is -2.11. The lowest BCUT2D eigenvalue weighted by Crippen LogP contribution is -2.02. The molecule has 1 aromatic heterocycles. The van der Waals surface area contributed by atoms with Crippen molar-refractivity contribution in [2.24, 2.45) is 0 Å². The molecule has 0 spiro atoms. The van der Waals surface area contributed by atoms with E-state index in [2.05, 4.69) is 10.3 Å². The number of nitrogens with two attached hydrogens (primary N) is 1. The van der Waals surface area contributed by atoms with Gasteiger partial charge in [0.1, 0.15) is 5.82 Å². The summed E-state index contributed by atoms with van der Waals surface area (Å²) in [7, 11) is 1.52. The standard InChI is InChI=1S/C13H14FN3O/c1-8-3-4-9(14)7-11(8)16-13-10(15)5-6-12(17-13)18-2/h3-7H,15H2,1-2H3,(H,16,17). The first kappa shape index (κ1) is 12.2. The van der Waals surface area contributed by atoms with Crippen LogP contribution in [-0.2, 0) is 0 Å². The maximum atomic E-state index is 13.2. The molecule has 1 heterocycles. The minimum Gasteiger partial charge on any atom is -0.481 e. The third-order valence-corrected chi connectivity index (χ3v) is 2.56. The quantitative estimate of drug-likeness (QED) is 0.875. The molecular weight excluding hydrogens is 233 g/mol. The summed E-state index contributed by atoms with van der Waals surface area (Å²) in [6.07, 6.45) is 0. The number of methoxy groups -OCH3 is 1. The minimum absolute atomic E-state index is 0.315. The summed E-state index contributed by atoms with van der Waals surface area (Å²) in [5, 5.41) is 3.00. The highest BCUT2D eigenvalue weighted by Gasteiger charge is 2.06. The average Bonchev–Trinajstić information content (AvgIpc) is 2.36. The Morgan fingerprint density at radius 1 is 1.28 bits per heavy atom. The number of nitrogen functional groups attached to an aromatic ring is 1. The van der Waals surface area contributed by atoms with Crippen LogP contribution in [0.4, 0.5) is 21.6 Å². The molecule has 0 saturated heterocycles. The fourth-order valence-electron chi connectivity index (χ4n) is 1.52. The summed E-state index contributed by atoms with van der Waals surface area (Å²) in [4.78, 5) is 4.18. The zero-order chi connectivity index (χ0) is 13.1. The highest BCUT2D eigenvalue weighted by atomic mass is 19.1. The third-order valence-electron chi connectivity index (χ3n) is 2.56. The summed E-state index contributed by atoms with van der Waals surface area (Å²) >= 11 is 0. The molecule has 0 fully saturated rings. The van der Waals surface area contributed by atoms with E-state index in [0.717, 1.165) is 5.56 Å². The Balaban J connectivity index is 2.36. The largest absolute Gasteiger partial charge is 0.481 e. The molecule has 18 heavy (non-hydrogen) atoms. The van der Waals surface area contributed by atoms with Crippen molar-refractivity contribution >= 4 is 17.2 Å². The number of benzene rings is 1. The van der Waals surface area contributed by atoms with Gasteiger partial charge in [0.05, 0.1) is 12.8 Å².